The van der Waals surface area contributed by atoms with Gasteiger partial charge in [-0.15, -0.1) is 0 Å². The number of methoxy groups -OCH3 is 1. The van der Waals surface area contributed by atoms with E-state index in [2.05, 4.69) is 22.3 Å². The standard InChI is InChI=1S/C24H20N4O2/c1-30-18-13-11-16(12-14-18)21-15-22(17-7-3-2-4-8-17)28(27-21)23-19-9-5-6-10-20(19)24(29)26-25-23/h2-14,22H,15H2,1H3,(H,26,29). The predicted octanol–water partition coefficient (Wildman–Crippen LogP) is 4.29. The van der Waals surface area contributed by atoms with Gasteiger partial charge in [-0.25, -0.2) is 10.1 Å². The topological polar surface area (TPSA) is 70.6 Å². The van der Waals surface area contributed by atoms with Gasteiger partial charge in [0.15, 0.2) is 5.82 Å². The summed E-state index contributed by atoms with van der Waals surface area (Å²) in [7, 11) is 1.65. The number of rotatable bonds is 4. The van der Waals surface area contributed by atoms with E-state index in [0.717, 1.165) is 34.4 Å². The van der Waals surface area contributed by atoms with Gasteiger partial charge >= 0.3 is 0 Å². The molecule has 0 radical (unpaired) electrons. The zero-order valence-corrected chi connectivity index (χ0v) is 16.4. The number of ether oxygens (including phenoxy) is 1. The van der Waals surface area contributed by atoms with Crippen molar-refractivity contribution in [3.8, 4) is 5.75 Å². The Morgan fingerprint density at radius 1 is 0.933 bits per heavy atom. The SMILES string of the molecule is COc1ccc(C2=NN(c3n[nH]c(=O)c4ccccc34)C(c3ccccc3)C2)cc1. The highest BCUT2D eigenvalue weighted by Crippen LogP contribution is 2.37. The molecule has 148 valence electrons. The van der Waals surface area contributed by atoms with Crippen LogP contribution >= 0.6 is 0 Å². The van der Waals surface area contributed by atoms with Crippen molar-refractivity contribution in [1.29, 1.82) is 0 Å². The van der Waals surface area contributed by atoms with Crippen LogP contribution in [0.15, 0.2) is 88.8 Å². The molecule has 0 aliphatic carbocycles. The molecule has 1 atom stereocenters. The van der Waals surface area contributed by atoms with E-state index in [9.17, 15) is 4.79 Å². The number of nitrogens with one attached hydrogen (secondary N) is 1. The van der Waals surface area contributed by atoms with Crippen LogP contribution in [0.5, 0.6) is 5.75 Å². The fourth-order valence-electron chi connectivity index (χ4n) is 3.87. The highest BCUT2D eigenvalue weighted by atomic mass is 16.5. The van der Waals surface area contributed by atoms with Gasteiger partial charge in [0.25, 0.3) is 5.56 Å². The van der Waals surface area contributed by atoms with Gasteiger partial charge in [-0.2, -0.15) is 10.2 Å². The zero-order chi connectivity index (χ0) is 20.5. The van der Waals surface area contributed by atoms with Gasteiger partial charge in [-0.1, -0.05) is 48.5 Å². The molecule has 3 aromatic carbocycles. The van der Waals surface area contributed by atoms with E-state index in [4.69, 9.17) is 9.84 Å². The van der Waals surface area contributed by atoms with E-state index in [-0.39, 0.29) is 11.6 Å². The maximum absolute atomic E-state index is 12.3. The number of fused-ring (bicyclic) bond motifs is 1. The lowest BCUT2D eigenvalue weighted by Crippen LogP contribution is -2.22. The lowest BCUT2D eigenvalue weighted by molar-refractivity contribution is 0.415. The number of aromatic amines is 1. The minimum atomic E-state index is -0.204. The average molecular weight is 396 g/mol. The van der Waals surface area contributed by atoms with Crippen molar-refractivity contribution in [2.45, 2.75) is 12.5 Å². The largest absolute Gasteiger partial charge is 0.497 e. The molecule has 0 amide bonds. The highest BCUT2D eigenvalue weighted by molar-refractivity contribution is 6.04. The molecule has 5 rings (SSSR count). The Morgan fingerprint density at radius 2 is 1.63 bits per heavy atom. The summed E-state index contributed by atoms with van der Waals surface area (Å²) in [4.78, 5) is 12.3. The predicted molar refractivity (Wildman–Crippen MR) is 118 cm³/mol. The van der Waals surface area contributed by atoms with Crippen LogP contribution in [0.1, 0.15) is 23.6 Å². The van der Waals surface area contributed by atoms with E-state index in [1.165, 1.54) is 0 Å². The summed E-state index contributed by atoms with van der Waals surface area (Å²) in [5.41, 5.74) is 2.93. The smallest absolute Gasteiger partial charge is 0.272 e. The third-order valence-corrected chi connectivity index (χ3v) is 5.41. The zero-order valence-electron chi connectivity index (χ0n) is 16.4. The molecule has 2 heterocycles. The van der Waals surface area contributed by atoms with Crippen molar-refractivity contribution in [1.82, 2.24) is 10.2 Å². The average Bonchev–Trinajstić information content (AvgIpc) is 3.25. The van der Waals surface area contributed by atoms with Crippen LogP contribution in [0.3, 0.4) is 0 Å². The Morgan fingerprint density at radius 3 is 2.37 bits per heavy atom. The second kappa shape index (κ2) is 7.48. The Labute approximate surface area is 173 Å². The van der Waals surface area contributed by atoms with Crippen LogP contribution in [-0.2, 0) is 0 Å². The Balaban J connectivity index is 1.65. The van der Waals surface area contributed by atoms with Gasteiger partial charge in [0.1, 0.15) is 5.75 Å². The molecule has 0 spiro atoms. The van der Waals surface area contributed by atoms with Crippen LogP contribution in [0.25, 0.3) is 10.8 Å². The fraction of sp³-hybridized carbons (Fsp3) is 0.125. The highest BCUT2D eigenvalue weighted by Gasteiger charge is 2.32. The van der Waals surface area contributed by atoms with Gasteiger partial charge < -0.3 is 4.74 Å². The van der Waals surface area contributed by atoms with Crippen molar-refractivity contribution in [3.05, 3.63) is 100 Å². The minimum Gasteiger partial charge on any atom is -0.497 e. The normalized spacial score (nSPS) is 16.0. The van der Waals surface area contributed by atoms with Crippen LogP contribution in [-0.4, -0.2) is 23.0 Å². The quantitative estimate of drug-likeness (QED) is 0.559. The van der Waals surface area contributed by atoms with Crippen molar-refractivity contribution in [2.24, 2.45) is 5.10 Å². The first-order valence-corrected chi connectivity index (χ1v) is 9.78. The maximum atomic E-state index is 12.3. The number of hydrazone groups is 1. The van der Waals surface area contributed by atoms with Gasteiger partial charge in [0, 0.05) is 11.8 Å². The monoisotopic (exact) mass is 396 g/mol. The van der Waals surface area contributed by atoms with Crippen LogP contribution in [0.4, 0.5) is 5.82 Å². The molecule has 6 heteroatoms. The number of hydrogen-bond donors (Lipinski definition) is 1. The first kappa shape index (κ1) is 18.1. The van der Waals surface area contributed by atoms with E-state index in [1.54, 1.807) is 13.2 Å². The Bertz CT molecular complexity index is 1280. The molecule has 30 heavy (non-hydrogen) atoms. The lowest BCUT2D eigenvalue weighted by Gasteiger charge is -2.23. The number of anilines is 1. The van der Waals surface area contributed by atoms with Gasteiger partial charge in [0.2, 0.25) is 0 Å². The van der Waals surface area contributed by atoms with E-state index < -0.39 is 0 Å². The third kappa shape index (κ3) is 3.12. The molecular weight excluding hydrogens is 376 g/mol. The Kier molecular flexibility index (Phi) is 4.52. The fourth-order valence-corrected chi connectivity index (χ4v) is 3.87. The summed E-state index contributed by atoms with van der Waals surface area (Å²) >= 11 is 0. The van der Waals surface area contributed by atoms with Gasteiger partial charge in [0.05, 0.1) is 24.2 Å². The minimum absolute atomic E-state index is 0.0230. The second-order valence-electron chi connectivity index (χ2n) is 7.17. The molecule has 1 unspecified atom stereocenters. The van der Waals surface area contributed by atoms with Gasteiger partial charge in [-0.05, 0) is 41.5 Å². The maximum Gasteiger partial charge on any atom is 0.272 e. The van der Waals surface area contributed by atoms with E-state index in [1.807, 2.05) is 65.7 Å². The molecular formula is C24H20N4O2. The Hall–Kier alpha value is -3.93. The van der Waals surface area contributed by atoms with Crippen molar-refractivity contribution < 1.29 is 4.74 Å². The summed E-state index contributed by atoms with van der Waals surface area (Å²) in [6.45, 7) is 0. The number of nitrogens with zero attached hydrogens (tertiary/aromatic N) is 3. The summed E-state index contributed by atoms with van der Waals surface area (Å²) in [6.07, 6.45) is 0.728. The molecule has 0 bridgehead atoms. The summed E-state index contributed by atoms with van der Waals surface area (Å²) in [5.74, 6) is 1.45. The molecule has 1 aliphatic rings. The van der Waals surface area contributed by atoms with Crippen molar-refractivity contribution in [2.75, 3.05) is 12.1 Å². The number of aromatic nitrogens is 2. The number of hydrogen-bond acceptors (Lipinski definition) is 5. The first-order valence-electron chi connectivity index (χ1n) is 9.78. The van der Waals surface area contributed by atoms with E-state index >= 15 is 0 Å². The second-order valence-corrected chi connectivity index (χ2v) is 7.17. The molecule has 0 saturated heterocycles. The molecule has 0 fully saturated rings. The number of benzene rings is 3. The molecule has 1 N–H and O–H groups in total. The molecule has 1 aliphatic heterocycles. The summed E-state index contributed by atoms with van der Waals surface area (Å²) in [6, 6.07) is 25.6. The summed E-state index contributed by atoms with van der Waals surface area (Å²) < 4.78 is 5.28. The molecule has 0 saturated carbocycles. The third-order valence-electron chi connectivity index (χ3n) is 5.41. The van der Waals surface area contributed by atoms with Crippen LogP contribution in [0, 0.1) is 0 Å². The first-order chi connectivity index (χ1) is 14.7. The lowest BCUT2D eigenvalue weighted by atomic mass is 9.98. The van der Waals surface area contributed by atoms with E-state index in [0.29, 0.717) is 11.2 Å². The number of H-pyrrole nitrogens is 1. The van der Waals surface area contributed by atoms with Gasteiger partial charge in [-0.3, -0.25) is 4.79 Å². The van der Waals surface area contributed by atoms with Crippen molar-refractivity contribution >= 4 is 22.3 Å². The summed E-state index contributed by atoms with van der Waals surface area (Å²) in [5, 5.41) is 15.3. The van der Waals surface area contributed by atoms with Crippen LogP contribution in [0.2, 0.25) is 0 Å². The molecule has 6 nitrogen and oxygen atoms in total. The molecule has 1 aromatic heterocycles. The molecule has 4 aromatic rings. The van der Waals surface area contributed by atoms with Crippen molar-refractivity contribution in [3.63, 3.8) is 0 Å². The van der Waals surface area contributed by atoms with Crippen LogP contribution < -0.4 is 15.3 Å².